The van der Waals surface area contributed by atoms with Crippen molar-refractivity contribution in [2.45, 2.75) is 28.9 Å². The van der Waals surface area contributed by atoms with Gasteiger partial charge in [0.1, 0.15) is 10.7 Å². The highest BCUT2D eigenvalue weighted by Gasteiger charge is 2.49. The largest absolute Gasteiger partial charge is 0.329 e. The summed E-state index contributed by atoms with van der Waals surface area (Å²) in [5.74, 6) is -0.692. The van der Waals surface area contributed by atoms with Gasteiger partial charge in [-0.3, -0.25) is 0 Å². The molecule has 1 fully saturated rings. The van der Waals surface area contributed by atoms with Crippen LogP contribution in [0.1, 0.15) is 19.3 Å². The summed E-state index contributed by atoms with van der Waals surface area (Å²) in [6.45, 7) is 0.0592. The van der Waals surface area contributed by atoms with Gasteiger partial charge in [-0.25, -0.2) is 12.8 Å². The lowest BCUT2D eigenvalue weighted by atomic mass is 9.84. The molecule has 0 heterocycles. The number of rotatable bonds is 3. The zero-order valence-electron chi connectivity index (χ0n) is 8.82. The molecule has 0 bridgehead atoms. The summed E-state index contributed by atoms with van der Waals surface area (Å²) < 4.78 is 37.1. The first-order valence-electron chi connectivity index (χ1n) is 5.23. The third-order valence-corrected chi connectivity index (χ3v) is 5.96. The maximum atomic E-state index is 13.5. The monoisotopic (exact) mass is 243 g/mol. The molecule has 16 heavy (non-hydrogen) atoms. The zero-order chi connectivity index (χ0) is 11.8. The standard InChI is InChI=1S/C11H14FNO2S/c12-9-4-1-2-5-10(9)16(14,15)11(8-13)6-3-7-11/h1-2,4-5H,3,6-8,13H2. The van der Waals surface area contributed by atoms with Gasteiger partial charge in [-0.1, -0.05) is 18.6 Å². The van der Waals surface area contributed by atoms with Crippen LogP contribution >= 0.6 is 0 Å². The predicted molar refractivity (Wildman–Crippen MR) is 59.2 cm³/mol. The van der Waals surface area contributed by atoms with Crippen molar-refractivity contribution >= 4 is 9.84 Å². The Bertz CT molecular complexity index is 489. The Morgan fingerprint density at radius 3 is 2.38 bits per heavy atom. The highest BCUT2D eigenvalue weighted by atomic mass is 32.2. The van der Waals surface area contributed by atoms with Crippen LogP contribution in [-0.2, 0) is 9.84 Å². The van der Waals surface area contributed by atoms with Crippen molar-refractivity contribution in [3.05, 3.63) is 30.1 Å². The molecule has 0 atom stereocenters. The number of benzene rings is 1. The molecule has 5 heteroatoms. The fourth-order valence-corrected chi connectivity index (χ4v) is 4.14. The minimum absolute atomic E-state index is 0.0592. The SMILES string of the molecule is NCC1(S(=O)(=O)c2ccccc2F)CCC1. The van der Waals surface area contributed by atoms with Gasteiger partial charge in [-0.15, -0.1) is 0 Å². The molecule has 0 unspecified atom stereocenters. The first kappa shape index (κ1) is 11.5. The minimum atomic E-state index is -3.64. The molecule has 0 amide bonds. The number of hydrogen-bond acceptors (Lipinski definition) is 3. The van der Waals surface area contributed by atoms with Gasteiger partial charge in [0.05, 0.1) is 4.75 Å². The lowest BCUT2D eigenvalue weighted by molar-refractivity contribution is 0.343. The van der Waals surface area contributed by atoms with Crippen LogP contribution < -0.4 is 5.73 Å². The number of sulfone groups is 1. The Balaban J connectivity index is 2.51. The average Bonchev–Trinajstić information content (AvgIpc) is 2.16. The Kier molecular flexibility index (Phi) is 2.75. The highest BCUT2D eigenvalue weighted by Crippen LogP contribution is 2.42. The van der Waals surface area contributed by atoms with Gasteiger partial charge >= 0.3 is 0 Å². The highest BCUT2D eigenvalue weighted by molar-refractivity contribution is 7.93. The zero-order valence-corrected chi connectivity index (χ0v) is 9.63. The van der Waals surface area contributed by atoms with Gasteiger partial charge in [-0.05, 0) is 25.0 Å². The van der Waals surface area contributed by atoms with Gasteiger partial charge < -0.3 is 5.73 Å². The van der Waals surface area contributed by atoms with Crippen LogP contribution in [0.2, 0.25) is 0 Å². The summed E-state index contributed by atoms with van der Waals surface area (Å²) in [6, 6.07) is 5.47. The van der Waals surface area contributed by atoms with Gasteiger partial charge in [0, 0.05) is 6.54 Å². The average molecular weight is 243 g/mol. The van der Waals surface area contributed by atoms with E-state index in [0.717, 1.165) is 12.5 Å². The normalized spacial score (nSPS) is 19.1. The molecule has 1 aliphatic rings. The van der Waals surface area contributed by atoms with E-state index in [0.29, 0.717) is 12.8 Å². The summed E-state index contributed by atoms with van der Waals surface area (Å²) in [5, 5.41) is 0. The third-order valence-electron chi connectivity index (χ3n) is 3.33. The van der Waals surface area contributed by atoms with Crippen LogP contribution in [0.3, 0.4) is 0 Å². The van der Waals surface area contributed by atoms with E-state index in [9.17, 15) is 12.8 Å². The molecule has 1 aromatic rings. The van der Waals surface area contributed by atoms with Crippen molar-refractivity contribution < 1.29 is 12.8 Å². The Morgan fingerprint density at radius 2 is 1.94 bits per heavy atom. The molecule has 0 saturated heterocycles. The molecule has 0 aliphatic heterocycles. The van der Waals surface area contributed by atoms with Crippen LogP contribution in [0.15, 0.2) is 29.2 Å². The van der Waals surface area contributed by atoms with Crippen molar-refractivity contribution in [2.24, 2.45) is 5.73 Å². The third kappa shape index (κ3) is 1.46. The maximum absolute atomic E-state index is 13.5. The van der Waals surface area contributed by atoms with Gasteiger partial charge in [0.2, 0.25) is 0 Å². The van der Waals surface area contributed by atoms with E-state index in [4.69, 9.17) is 5.73 Å². The van der Waals surface area contributed by atoms with Crippen molar-refractivity contribution in [2.75, 3.05) is 6.54 Å². The number of hydrogen-bond donors (Lipinski definition) is 1. The fourth-order valence-electron chi connectivity index (χ4n) is 2.05. The van der Waals surface area contributed by atoms with Crippen LogP contribution in [0, 0.1) is 5.82 Å². The van der Waals surface area contributed by atoms with E-state index in [2.05, 4.69) is 0 Å². The second kappa shape index (κ2) is 3.82. The summed E-state index contributed by atoms with van der Waals surface area (Å²) in [4.78, 5) is -0.222. The Morgan fingerprint density at radius 1 is 1.31 bits per heavy atom. The molecule has 1 saturated carbocycles. The summed E-state index contributed by atoms with van der Waals surface area (Å²) >= 11 is 0. The smallest absolute Gasteiger partial charge is 0.188 e. The second-order valence-electron chi connectivity index (χ2n) is 4.17. The molecule has 1 aliphatic carbocycles. The summed E-state index contributed by atoms with van der Waals surface area (Å²) in [7, 11) is -3.64. The van der Waals surface area contributed by atoms with E-state index in [1.807, 2.05) is 0 Å². The van der Waals surface area contributed by atoms with Crippen LogP contribution in [0.25, 0.3) is 0 Å². The summed E-state index contributed by atoms with van der Waals surface area (Å²) in [5.41, 5.74) is 5.54. The first-order valence-corrected chi connectivity index (χ1v) is 6.71. The topological polar surface area (TPSA) is 60.2 Å². The molecule has 2 rings (SSSR count). The van der Waals surface area contributed by atoms with Gasteiger partial charge in [-0.2, -0.15) is 0 Å². The molecular formula is C11H14FNO2S. The maximum Gasteiger partial charge on any atom is 0.188 e. The van der Waals surface area contributed by atoms with Crippen molar-refractivity contribution in [1.82, 2.24) is 0 Å². The van der Waals surface area contributed by atoms with Crippen molar-refractivity contribution in [3.8, 4) is 0 Å². The summed E-state index contributed by atoms with van der Waals surface area (Å²) in [6.07, 6.45) is 1.89. The van der Waals surface area contributed by atoms with E-state index in [1.54, 1.807) is 0 Å². The second-order valence-corrected chi connectivity index (χ2v) is 6.49. The van der Waals surface area contributed by atoms with Gasteiger partial charge in [0.15, 0.2) is 9.84 Å². The van der Waals surface area contributed by atoms with Crippen LogP contribution in [0.5, 0.6) is 0 Å². The van der Waals surface area contributed by atoms with E-state index in [-0.39, 0.29) is 11.4 Å². The molecular weight excluding hydrogens is 229 g/mol. The molecule has 0 spiro atoms. The fraction of sp³-hybridized carbons (Fsp3) is 0.455. The molecule has 0 aromatic heterocycles. The van der Waals surface area contributed by atoms with Crippen LogP contribution in [-0.4, -0.2) is 19.7 Å². The molecule has 1 aromatic carbocycles. The van der Waals surface area contributed by atoms with Gasteiger partial charge in [0.25, 0.3) is 0 Å². The first-order chi connectivity index (χ1) is 7.53. The number of halogens is 1. The lowest BCUT2D eigenvalue weighted by Crippen LogP contribution is -2.51. The number of nitrogens with two attached hydrogens (primary N) is 1. The predicted octanol–water partition coefficient (Wildman–Crippen LogP) is 1.48. The van der Waals surface area contributed by atoms with E-state index in [1.165, 1.54) is 18.2 Å². The van der Waals surface area contributed by atoms with E-state index < -0.39 is 20.4 Å². The molecule has 88 valence electrons. The molecule has 3 nitrogen and oxygen atoms in total. The Hall–Kier alpha value is -0.940. The van der Waals surface area contributed by atoms with Crippen molar-refractivity contribution in [3.63, 3.8) is 0 Å². The minimum Gasteiger partial charge on any atom is -0.329 e. The van der Waals surface area contributed by atoms with E-state index >= 15 is 0 Å². The Labute approximate surface area is 94.4 Å². The molecule has 2 N–H and O–H groups in total. The lowest BCUT2D eigenvalue weighted by Gasteiger charge is -2.39. The molecule has 0 radical (unpaired) electrons. The van der Waals surface area contributed by atoms with Crippen molar-refractivity contribution in [1.29, 1.82) is 0 Å². The van der Waals surface area contributed by atoms with Crippen LogP contribution in [0.4, 0.5) is 4.39 Å². The quantitative estimate of drug-likeness (QED) is 0.874.